The van der Waals surface area contributed by atoms with Crippen LogP contribution in [0.15, 0.2) is 36.4 Å². The Morgan fingerprint density at radius 1 is 1.50 bits per heavy atom. The molecule has 1 aliphatic rings. The highest BCUT2D eigenvalue weighted by atomic mass is 16.5. The first-order valence-electron chi connectivity index (χ1n) is 3.53. The summed E-state index contributed by atoms with van der Waals surface area (Å²) in [5, 5.41) is 2.77. The normalized spacial score (nSPS) is 14.6. The van der Waals surface area contributed by atoms with Crippen molar-refractivity contribution in [2.24, 2.45) is 5.73 Å². The molecule has 0 atom stereocenters. The minimum absolute atomic E-state index is 0.119. The molecule has 3 N–H and O–H groups in total. The fourth-order valence-electron chi connectivity index (χ4n) is 0.669. The second kappa shape index (κ2) is 4.35. The summed E-state index contributed by atoms with van der Waals surface area (Å²) in [5.41, 5.74) is 5.06. The number of ether oxygens (including phenoxy) is 1. The minimum Gasteiger partial charge on any atom is -0.409 e. The number of nitrogens with one attached hydrogen (secondary N) is 1. The Morgan fingerprint density at radius 3 is 3.08 bits per heavy atom. The van der Waals surface area contributed by atoms with Gasteiger partial charge < -0.3 is 15.8 Å². The molecule has 4 nitrogen and oxygen atoms in total. The van der Waals surface area contributed by atoms with E-state index in [4.69, 9.17) is 10.5 Å². The Bertz CT molecular complexity index is 254. The average Bonchev–Trinajstić information content (AvgIpc) is 2.33. The Hall–Kier alpha value is -1.55. The number of hydrogen-bond acceptors (Lipinski definition) is 4. The van der Waals surface area contributed by atoms with E-state index in [1.807, 2.05) is 6.08 Å². The average molecular weight is 166 g/mol. The third-order valence-corrected chi connectivity index (χ3v) is 1.18. The molecular weight excluding hydrogens is 156 g/mol. The molecular formula is C8H10N2O2. The van der Waals surface area contributed by atoms with Gasteiger partial charge in [-0.2, -0.15) is 0 Å². The fraction of sp³-hybridized carbons (Fsp3) is 0.125. The summed E-state index contributed by atoms with van der Waals surface area (Å²) < 4.78 is 4.80. The molecule has 0 aromatic carbocycles. The molecule has 0 amide bonds. The third kappa shape index (κ3) is 2.59. The van der Waals surface area contributed by atoms with E-state index in [9.17, 15) is 4.79 Å². The van der Waals surface area contributed by atoms with Gasteiger partial charge in [-0.05, 0) is 12.2 Å². The van der Waals surface area contributed by atoms with Crippen LogP contribution in [0.2, 0.25) is 0 Å². The van der Waals surface area contributed by atoms with Crippen LogP contribution in [0.3, 0.4) is 0 Å². The fourth-order valence-corrected chi connectivity index (χ4v) is 0.669. The van der Waals surface area contributed by atoms with Crippen LogP contribution in [0.4, 0.5) is 0 Å². The first kappa shape index (κ1) is 8.55. The molecule has 1 heterocycles. The lowest BCUT2D eigenvalue weighted by atomic mass is 10.5. The number of carbonyl (C=O) groups excluding carboxylic acids is 1. The first-order chi connectivity index (χ1) is 5.83. The highest BCUT2D eigenvalue weighted by Crippen LogP contribution is 1.97. The van der Waals surface area contributed by atoms with Crippen molar-refractivity contribution >= 4 is 5.97 Å². The smallest absolute Gasteiger partial charge is 0.326 e. The number of esters is 1. The quantitative estimate of drug-likeness (QED) is 0.567. The van der Waals surface area contributed by atoms with Crippen molar-refractivity contribution in [1.82, 2.24) is 5.32 Å². The van der Waals surface area contributed by atoms with Crippen LogP contribution in [-0.2, 0) is 9.53 Å². The van der Waals surface area contributed by atoms with Gasteiger partial charge in [-0.15, -0.1) is 0 Å². The molecule has 0 saturated carbocycles. The SMILES string of the molecule is NCC(=O)OC1=CC=CC=CN1. The monoisotopic (exact) mass is 166 g/mol. The number of allylic oxidation sites excluding steroid dienone is 4. The van der Waals surface area contributed by atoms with Gasteiger partial charge >= 0.3 is 5.97 Å². The molecule has 0 bridgehead atoms. The Labute approximate surface area is 70.4 Å². The second-order valence-electron chi connectivity index (χ2n) is 2.10. The lowest BCUT2D eigenvalue weighted by Gasteiger charge is -2.04. The van der Waals surface area contributed by atoms with Crippen molar-refractivity contribution in [3.8, 4) is 0 Å². The summed E-state index contributed by atoms with van der Waals surface area (Å²) in [6.07, 6.45) is 8.68. The molecule has 0 saturated heterocycles. The van der Waals surface area contributed by atoms with Crippen molar-refractivity contribution in [1.29, 1.82) is 0 Å². The van der Waals surface area contributed by atoms with Crippen LogP contribution in [0.1, 0.15) is 0 Å². The van der Waals surface area contributed by atoms with Crippen LogP contribution in [0, 0.1) is 0 Å². The molecule has 0 aromatic rings. The zero-order valence-corrected chi connectivity index (χ0v) is 6.49. The molecule has 0 aliphatic carbocycles. The van der Waals surface area contributed by atoms with Crippen LogP contribution < -0.4 is 11.1 Å². The van der Waals surface area contributed by atoms with Gasteiger partial charge in [-0.3, -0.25) is 4.79 Å². The largest absolute Gasteiger partial charge is 0.409 e. The number of hydrogen-bond donors (Lipinski definition) is 2. The molecule has 0 radical (unpaired) electrons. The summed E-state index contributed by atoms with van der Waals surface area (Å²) in [6, 6.07) is 0. The van der Waals surface area contributed by atoms with E-state index in [2.05, 4.69) is 5.32 Å². The van der Waals surface area contributed by atoms with E-state index in [-0.39, 0.29) is 6.54 Å². The zero-order chi connectivity index (χ0) is 8.81. The summed E-state index contributed by atoms with van der Waals surface area (Å²) in [4.78, 5) is 10.7. The maximum absolute atomic E-state index is 10.7. The number of nitrogens with two attached hydrogens (primary N) is 1. The highest BCUT2D eigenvalue weighted by molar-refractivity contribution is 5.72. The predicted molar refractivity (Wildman–Crippen MR) is 44.6 cm³/mol. The topological polar surface area (TPSA) is 64.4 Å². The molecule has 1 aliphatic heterocycles. The van der Waals surface area contributed by atoms with Gasteiger partial charge in [0.05, 0.1) is 6.54 Å². The van der Waals surface area contributed by atoms with Gasteiger partial charge in [-0.25, -0.2) is 0 Å². The van der Waals surface area contributed by atoms with Gasteiger partial charge in [0.2, 0.25) is 5.88 Å². The molecule has 0 aromatic heterocycles. The van der Waals surface area contributed by atoms with E-state index in [0.717, 1.165) is 0 Å². The van der Waals surface area contributed by atoms with E-state index in [1.54, 1.807) is 24.4 Å². The van der Waals surface area contributed by atoms with Gasteiger partial charge in [0.25, 0.3) is 0 Å². The van der Waals surface area contributed by atoms with Crippen molar-refractivity contribution < 1.29 is 9.53 Å². The molecule has 12 heavy (non-hydrogen) atoms. The van der Waals surface area contributed by atoms with Crippen molar-refractivity contribution in [3.63, 3.8) is 0 Å². The van der Waals surface area contributed by atoms with E-state index >= 15 is 0 Å². The Morgan fingerprint density at radius 2 is 2.33 bits per heavy atom. The van der Waals surface area contributed by atoms with Crippen LogP contribution in [0.5, 0.6) is 0 Å². The molecule has 64 valence electrons. The van der Waals surface area contributed by atoms with Gasteiger partial charge in [0.15, 0.2) is 0 Å². The summed E-state index contributed by atoms with van der Waals surface area (Å²) in [6.45, 7) is -0.119. The third-order valence-electron chi connectivity index (χ3n) is 1.18. The van der Waals surface area contributed by atoms with Gasteiger partial charge in [0, 0.05) is 6.20 Å². The van der Waals surface area contributed by atoms with E-state index in [0.29, 0.717) is 5.88 Å². The van der Waals surface area contributed by atoms with Crippen molar-refractivity contribution in [2.75, 3.05) is 6.54 Å². The van der Waals surface area contributed by atoms with Crippen LogP contribution in [-0.4, -0.2) is 12.5 Å². The Balaban J connectivity index is 2.52. The summed E-state index contributed by atoms with van der Waals surface area (Å²) in [5.74, 6) is -0.0760. The Kier molecular flexibility index (Phi) is 3.10. The molecule has 0 fully saturated rings. The summed E-state index contributed by atoms with van der Waals surface area (Å²) in [7, 11) is 0. The second-order valence-corrected chi connectivity index (χ2v) is 2.10. The lowest BCUT2D eigenvalue weighted by molar-refractivity contribution is -0.138. The lowest BCUT2D eigenvalue weighted by Crippen LogP contribution is -2.20. The first-order valence-corrected chi connectivity index (χ1v) is 3.53. The van der Waals surface area contributed by atoms with Gasteiger partial charge in [-0.1, -0.05) is 12.2 Å². The zero-order valence-electron chi connectivity index (χ0n) is 6.49. The molecule has 0 unspecified atom stereocenters. The highest BCUT2D eigenvalue weighted by Gasteiger charge is 2.02. The minimum atomic E-state index is -0.461. The van der Waals surface area contributed by atoms with E-state index in [1.165, 1.54) is 0 Å². The van der Waals surface area contributed by atoms with Crippen LogP contribution in [0.25, 0.3) is 0 Å². The number of rotatable bonds is 2. The van der Waals surface area contributed by atoms with E-state index < -0.39 is 5.97 Å². The number of carbonyl (C=O) groups is 1. The van der Waals surface area contributed by atoms with Crippen molar-refractivity contribution in [2.45, 2.75) is 0 Å². The van der Waals surface area contributed by atoms with Gasteiger partial charge in [0.1, 0.15) is 0 Å². The van der Waals surface area contributed by atoms with Crippen LogP contribution >= 0.6 is 0 Å². The standard InChI is InChI=1S/C8H10N2O2/c9-6-8(11)12-7-4-2-1-3-5-10-7/h1-5,10H,6,9H2. The molecule has 0 spiro atoms. The van der Waals surface area contributed by atoms with Crippen molar-refractivity contribution in [3.05, 3.63) is 36.4 Å². The molecule has 4 heteroatoms. The predicted octanol–water partition coefficient (Wildman–Crippen LogP) is 0.00280. The maximum Gasteiger partial charge on any atom is 0.326 e. The maximum atomic E-state index is 10.7. The molecule has 1 rings (SSSR count). The summed E-state index contributed by atoms with van der Waals surface area (Å²) >= 11 is 0.